The predicted octanol–water partition coefficient (Wildman–Crippen LogP) is -0.0430. The van der Waals surface area contributed by atoms with Gasteiger partial charge in [-0.2, -0.15) is 0 Å². The van der Waals surface area contributed by atoms with Crippen molar-refractivity contribution in [2.45, 2.75) is 64.3 Å². The third kappa shape index (κ3) is 16.7. The molecule has 0 aliphatic heterocycles. The van der Waals surface area contributed by atoms with Crippen LogP contribution in [0.3, 0.4) is 0 Å². The fraction of sp³-hybridized carbons (Fsp3) is 1.00. The number of hydrogen-bond donors (Lipinski definition) is 0. The first-order valence-electron chi connectivity index (χ1n) is 7.06. The monoisotopic (exact) mass is 310 g/mol. The molecule has 0 unspecified atom stereocenters. The molecule has 0 atom stereocenters. The van der Waals surface area contributed by atoms with Gasteiger partial charge < -0.3 is 12.3 Å². The molecular formula is C10H30O3Si4. The van der Waals surface area contributed by atoms with Gasteiger partial charge in [-0.25, -0.2) is 0 Å². The first kappa shape index (κ1) is 17.7. The number of unbranched alkanes of at least 4 members (excludes halogenated alkanes) is 7. The molecule has 0 aromatic carbocycles. The third-order valence-corrected chi connectivity index (χ3v) is 7.65. The third-order valence-electron chi connectivity index (χ3n) is 2.76. The van der Waals surface area contributed by atoms with Gasteiger partial charge in [-0.05, 0) is 6.04 Å². The van der Waals surface area contributed by atoms with Crippen molar-refractivity contribution in [3.05, 3.63) is 0 Å². The highest BCUT2D eigenvalue weighted by molar-refractivity contribution is 6.44. The molecule has 0 heterocycles. The fourth-order valence-electron chi connectivity index (χ4n) is 1.75. The zero-order chi connectivity index (χ0) is 12.6. The molecular weight excluding hydrogens is 280 g/mol. The van der Waals surface area contributed by atoms with Crippen molar-refractivity contribution < 1.29 is 12.3 Å². The Morgan fingerprint density at radius 2 is 1.47 bits per heavy atom. The predicted molar refractivity (Wildman–Crippen MR) is 86.2 cm³/mol. The Bertz CT molecular complexity index is 127. The summed E-state index contributed by atoms with van der Waals surface area (Å²) >= 11 is 0. The Balaban J connectivity index is 2.85. The van der Waals surface area contributed by atoms with Gasteiger partial charge in [-0.15, -0.1) is 0 Å². The lowest BCUT2D eigenvalue weighted by atomic mass is 10.1. The van der Waals surface area contributed by atoms with Crippen molar-refractivity contribution in [2.75, 3.05) is 0 Å². The summed E-state index contributed by atoms with van der Waals surface area (Å²) in [7, 11) is -0.673. The van der Waals surface area contributed by atoms with Crippen LogP contribution in [-0.4, -0.2) is 40.3 Å². The van der Waals surface area contributed by atoms with Crippen LogP contribution < -0.4 is 0 Å². The van der Waals surface area contributed by atoms with E-state index in [0.29, 0.717) is 0 Å². The molecule has 3 nitrogen and oxygen atoms in total. The van der Waals surface area contributed by atoms with Crippen LogP contribution in [0.25, 0.3) is 0 Å². The molecule has 17 heavy (non-hydrogen) atoms. The van der Waals surface area contributed by atoms with E-state index >= 15 is 0 Å². The summed E-state index contributed by atoms with van der Waals surface area (Å²) in [4.78, 5) is 0. The summed E-state index contributed by atoms with van der Waals surface area (Å²) in [6.45, 7) is 2.27. The summed E-state index contributed by atoms with van der Waals surface area (Å²) in [6.07, 6.45) is 11.3. The minimum Gasteiger partial charge on any atom is -0.449 e. The molecule has 0 bridgehead atoms. The molecule has 0 aromatic heterocycles. The highest BCUT2D eigenvalue weighted by atomic mass is 28.4. The Morgan fingerprint density at radius 1 is 0.824 bits per heavy atom. The maximum atomic E-state index is 5.62. The van der Waals surface area contributed by atoms with E-state index in [4.69, 9.17) is 12.3 Å². The second-order valence-corrected chi connectivity index (χ2v) is 11.6. The Kier molecular flexibility index (Phi) is 17.5. The Labute approximate surface area is 117 Å². The maximum absolute atomic E-state index is 5.62. The molecule has 0 aromatic rings. The van der Waals surface area contributed by atoms with E-state index in [0.717, 1.165) is 10.5 Å². The van der Waals surface area contributed by atoms with Crippen molar-refractivity contribution in [2.24, 2.45) is 0 Å². The lowest BCUT2D eigenvalue weighted by Gasteiger charge is -2.04. The smallest absolute Gasteiger partial charge is 0.284 e. The first-order valence-corrected chi connectivity index (χ1v) is 11.8. The second kappa shape index (κ2) is 16.7. The van der Waals surface area contributed by atoms with E-state index < -0.39 is 20.0 Å². The molecule has 0 rings (SSSR count). The number of hydrogen-bond acceptors (Lipinski definition) is 3. The first-order chi connectivity index (χ1) is 8.41. The quantitative estimate of drug-likeness (QED) is 0.333. The van der Waals surface area contributed by atoms with Crippen LogP contribution in [0.15, 0.2) is 0 Å². The molecule has 104 valence electrons. The largest absolute Gasteiger partial charge is 0.449 e. The summed E-state index contributed by atoms with van der Waals surface area (Å²) < 4.78 is 16.1. The molecule has 7 heteroatoms. The molecule has 0 N–H and O–H groups in total. The van der Waals surface area contributed by atoms with Gasteiger partial charge >= 0.3 is 0 Å². The van der Waals surface area contributed by atoms with E-state index in [1.54, 1.807) is 0 Å². The van der Waals surface area contributed by atoms with Crippen LogP contribution in [-0.2, 0) is 12.3 Å². The maximum Gasteiger partial charge on any atom is 0.284 e. The minimum absolute atomic E-state index is 0.250. The van der Waals surface area contributed by atoms with Crippen LogP contribution in [0.4, 0.5) is 0 Å². The van der Waals surface area contributed by atoms with Gasteiger partial charge in [0.05, 0.1) is 0 Å². The van der Waals surface area contributed by atoms with Gasteiger partial charge in [0.25, 0.3) is 20.0 Å². The van der Waals surface area contributed by atoms with Crippen LogP contribution in [0.2, 0.25) is 6.04 Å². The van der Waals surface area contributed by atoms with Crippen LogP contribution in [0.5, 0.6) is 0 Å². The van der Waals surface area contributed by atoms with E-state index in [-0.39, 0.29) is 9.76 Å². The number of rotatable bonds is 14. The Morgan fingerprint density at radius 3 is 2.12 bits per heavy atom. The molecule has 0 saturated carbocycles. The normalized spacial score (nSPS) is 13.2. The molecule has 0 spiro atoms. The van der Waals surface area contributed by atoms with Crippen LogP contribution in [0, 0.1) is 0 Å². The summed E-state index contributed by atoms with van der Waals surface area (Å²) in [5.74, 6) is 0. The van der Waals surface area contributed by atoms with Crippen molar-refractivity contribution in [1.29, 1.82) is 0 Å². The molecule has 0 saturated heterocycles. The van der Waals surface area contributed by atoms with Crippen molar-refractivity contribution in [1.82, 2.24) is 0 Å². The standard InChI is InChI=1S/C10H30O3Si4/c1-2-3-4-5-6-7-8-9-10-15-12-17-13-16-11-14/h2-10,15-17H2,1,14H3. The highest BCUT2D eigenvalue weighted by Crippen LogP contribution is 2.09. The van der Waals surface area contributed by atoms with Crippen LogP contribution in [0.1, 0.15) is 58.3 Å². The second-order valence-electron chi connectivity index (χ2n) is 4.47. The summed E-state index contributed by atoms with van der Waals surface area (Å²) in [5, 5.41) is 0. The van der Waals surface area contributed by atoms with Crippen molar-refractivity contribution >= 4 is 40.3 Å². The average molecular weight is 311 g/mol. The fourth-order valence-corrected chi connectivity index (χ4v) is 7.57. The van der Waals surface area contributed by atoms with Crippen molar-refractivity contribution in [3.8, 4) is 0 Å². The Hall–Kier alpha value is 0.748. The van der Waals surface area contributed by atoms with Gasteiger partial charge in [0.2, 0.25) is 0 Å². The van der Waals surface area contributed by atoms with E-state index in [1.165, 1.54) is 57.4 Å². The zero-order valence-electron chi connectivity index (χ0n) is 11.7. The molecule has 0 radical (unpaired) electrons. The molecule has 0 aliphatic rings. The van der Waals surface area contributed by atoms with E-state index in [9.17, 15) is 0 Å². The zero-order valence-corrected chi connectivity index (χ0v) is 18.0. The summed E-state index contributed by atoms with van der Waals surface area (Å²) in [5.41, 5.74) is 0. The minimum atomic E-state index is -0.633. The average Bonchev–Trinajstić information content (AvgIpc) is 2.35. The lowest BCUT2D eigenvalue weighted by Crippen LogP contribution is -2.12. The molecule has 0 fully saturated rings. The van der Waals surface area contributed by atoms with Gasteiger partial charge in [-0.3, -0.25) is 0 Å². The van der Waals surface area contributed by atoms with Gasteiger partial charge in [-0.1, -0.05) is 58.3 Å². The SMILES string of the molecule is CCCCCCCCCC[SiH2]O[SiH2]O[SiH2]O[SiH3]. The van der Waals surface area contributed by atoms with Gasteiger partial charge in [0.15, 0.2) is 0 Å². The van der Waals surface area contributed by atoms with Gasteiger partial charge in [0.1, 0.15) is 20.2 Å². The topological polar surface area (TPSA) is 27.7 Å². The highest BCUT2D eigenvalue weighted by Gasteiger charge is 1.94. The van der Waals surface area contributed by atoms with Crippen molar-refractivity contribution in [3.63, 3.8) is 0 Å². The summed E-state index contributed by atoms with van der Waals surface area (Å²) in [6, 6.07) is 1.34. The van der Waals surface area contributed by atoms with E-state index in [1.807, 2.05) is 0 Å². The van der Waals surface area contributed by atoms with Gasteiger partial charge in [0, 0.05) is 0 Å². The lowest BCUT2D eigenvalue weighted by molar-refractivity contribution is 0.437. The molecule has 0 aliphatic carbocycles. The molecule has 0 amide bonds. The van der Waals surface area contributed by atoms with Crippen LogP contribution >= 0.6 is 0 Å². The van der Waals surface area contributed by atoms with E-state index in [2.05, 4.69) is 6.92 Å².